The Morgan fingerprint density at radius 3 is 2.73 bits per heavy atom. The molecule has 4 rings (SSSR count). The van der Waals surface area contributed by atoms with Crippen molar-refractivity contribution in [2.24, 2.45) is 5.10 Å². The van der Waals surface area contributed by atoms with Crippen LogP contribution in [-0.2, 0) is 0 Å². The number of fused-ring (bicyclic) bond motifs is 2. The lowest BCUT2D eigenvalue weighted by atomic mass is 10.2. The molecule has 5 heteroatoms. The maximum atomic E-state index is 12.4. The summed E-state index contributed by atoms with van der Waals surface area (Å²) >= 11 is 0. The van der Waals surface area contributed by atoms with E-state index < -0.39 is 0 Å². The maximum absolute atomic E-state index is 12.4. The molecular formula is C17H12N4O. The van der Waals surface area contributed by atoms with Crippen LogP contribution >= 0.6 is 0 Å². The second-order valence-electron chi connectivity index (χ2n) is 4.95. The molecule has 0 saturated carbocycles. The Morgan fingerprint density at radius 2 is 1.82 bits per heavy atom. The molecule has 5 nitrogen and oxygen atoms in total. The van der Waals surface area contributed by atoms with Gasteiger partial charge in [0.15, 0.2) is 0 Å². The minimum Gasteiger partial charge on any atom is -0.361 e. The van der Waals surface area contributed by atoms with E-state index >= 15 is 0 Å². The van der Waals surface area contributed by atoms with E-state index in [1.807, 2.05) is 48.7 Å². The predicted octanol–water partition coefficient (Wildman–Crippen LogP) is 2.76. The van der Waals surface area contributed by atoms with Crippen molar-refractivity contribution in [3.8, 4) is 0 Å². The van der Waals surface area contributed by atoms with Gasteiger partial charge in [0.05, 0.1) is 17.1 Å². The van der Waals surface area contributed by atoms with Crippen molar-refractivity contribution in [2.45, 2.75) is 0 Å². The Bertz CT molecular complexity index is 1060. The van der Waals surface area contributed by atoms with Crippen molar-refractivity contribution < 1.29 is 0 Å². The van der Waals surface area contributed by atoms with Gasteiger partial charge in [-0.2, -0.15) is 9.78 Å². The van der Waals surface area contributed by atoms with Crippen LogP contribution in [0.4, 0.5) is 0 Å². The molecule has 22 heavy (non-hydrogen) atoms. The van der Waals surface area contributed by atoms with E-state index in [0.717, 1.165) is 16.5 Å². The summed E-state index contributed by atoms with van der Waals surface area (Å²) in [6, 6.07) is 15.2. The number of rotatable bonds is 2. The average Bonchev–Trinajstić information content (AvgIpc) is 2.98. The molecule has 0 radical (unpaired) electrons. The molecule has 0 aliphatic carbocycles. The van der Waals surface area contributed by atoms with Crippen LogP contribution in [0.15, 0.2) is 71.0 Å². The van der Waals surface area contributed by atoms with Crippen molar-refractivity contribution in [1.82, 2.24) is 14.6 Å². The summed E-state index contributed by atoms with van der Waals surface area (Å²) in [7, 11) is 0. The van der Waals surface area contributed by atoms with Crippen LogP contribution in [0.5, 0.6) is 0 Å². The maximum Gasteiger partial charge on any atom is 0.281 e. The third kappa shape index (κ3) is 2.00. The van der Waals surface area contributed by atoms with Crippen LogP contribution < -0.4 is 5.56 Å². The fourth-order valence-corrected chi connectivity index (χ4v) is 2.47. The minimum atomic E-state index is -0.179. The summed E-state index contributed by atoms with van der Waals surface area (Å²) in [5, 5.41) is 5.86. The van der Waals surface area contributed by atoms with Gasteiger partial charge in [0.1, 0.15) is 6.33 Å². The predicted molar refractivity (Wildman–Crippen MR) is 87.3 cm³/mol. The third-order valence-electron chi connectivity index (χ3n) is 3.59. The third-order valence-corrected chi connectivity index (χ3v) is 3.59. The SMILES string of the molecule is O=c1c2ccccc2ncn1/N=C/c1c[nH]c2ccccc12. The highest BCUT2D eigenvalue weighted by Gasteiger charge is 2.03. The molecule has 2 aromatic carbocycles. The van der Waals surface area contributed by atoms with Gasteiger partial charge in [-0.3, -0.25) is 4.79 Å². The highest BCUT2D eigenvalue weighted by Crippen LogP contribution is 2.15. The van der Waals surface area contributed by atoms with Gasteiger partial charge in [-0.25, -0.2) is 4.98 Å². The molecule has 0 aliphatic heterocycles. The average molecular weight is 288 g/mol. The van der Waals surface area contributed by atoms with Crippen LogP contribution in [-0.4, -0.2) is 20.9 Å². The monoisotopic (exact) mass is 288 g/mol. The van der Waals surface area contributed by atoms with E-state index in [4.69, 9.17) is 0 Å². The van der Waals surface area contributed by atoms with Crippen LogP contribution in [0.3, 0.4) is 0 Å². The molecule has 0 unspecified atom stereocenters. The molecule has 1 N–H and O–H groups in total. The second-order valence-corrected chi connectivity index (χ2v) is 4.95. The zero-order valence-corrected chi connectivity index (χ0v) is 11.6. The molecule has 4 aromatic rings. The number of nitrogens with zero attached hydrogens (tertiary/aromatic N) is 3. The fraction of sp³-hybridized carbons (Fsp3) is 0. The lowest BCUT2D eigenvalue weighted by molar-refractivity contribution is 0.817. The zero-order chi connectivity index (χ0) is 14.9. The smallest absolute Gasteiger partial charge is 0.281 e. The Morgan fingerprint density at radius 1 is 1.05 bits per heavy atom. The topological polar surface area (TPSA) is 63.0 Å². The molecule has 0 bridgehead atoms. The number of nitrogens with one attached hydrogen (secondary N) is 1. The summed E-state index contributed by atoms with van der Waals surface area (Å²) in [4.78, 5) is 19.8. The molecule has 106 valence electrons. The van der Waals surface area contributed by atoms with Gasteiger partial charge in [0.25, 0.3) is 5.56 Å². The largest absolute Gasteiger partial charge is 0.361 e. The molecule has 0 amide bonds. The highest BCUT2D eigenvalue weighted by molar-refractivity contribution is 5.98. The molecule has 0 aliphatic rings. The molecule has 0 fully saturated rings. The number of H-pyrrole nitrogens is 1. The minimum absolute atomic E-state index is 0.179. The summed E-state index contributed by atoms with van der Waals surface area (Å²) < 4.78 is 1.25. The number of aromatic nitrogens is 3. The summed E-state index contributed by atoms with van der Waals surface area (Å²) in [5.74, 6) is 0. The molecule has 2 aromatic heterocycles. The Hall–Kier alpha value is -3.21. The van der Waals surface area contributed by atoms with Gasteiger partial charge in [0, 0.05) is 22.7 Å². The van der Waals surface area contributed by atoms with Crippen molar-refractivity contribution >= 4 is 28.0 Å². The lowest BCUT2D eigenvalue weighted by Gasteiger charge is -1.99. The van der Waals surface area contributed by atoms with Gasteiger partial charge >= 0.3 is 0 Å². The highest BCUT2D eigenvalue weighted by atomic mass is 16.1. The fourth-order valence-electron chi connectivity index (χ4n) is 2.47. The number of aromatic amines is 1. The number of benzene rings is 2. The lowest BCUT2D eigenvalue weighted by Crippen LogP contribution is -2.16. The Labute approximate surface area is 125 Å². The summed E-state index contributed by atoms with van der Waals surface area (Å²) in [5.41, 5.74) is 2.45. The van der Waals surface area contributed by atoms with Crippen LogP contribution in [0, 0.1) is 0 Å². The summed E-state index contributed by atoms with van der Waals surface area (Å²) in [6.45, 7) is 0. The first-order valence-corrected chi connectivity index (χ1v) is 6.90. The van der Waals surface area contributed by atoms with Crippen LogP contribution in [0.25, 0.3) is 21.8 Å². The second kappa shape index (κ2) is 4.96. The van der Waals surface area contributed by atoms with Crippen LogP contribution in [0.2, 0.25) is 0 Å². The van der Waals surface area contributed by atoms with Gasteiger partial charge in [-0.1, -0.05) is 30.3 Å². The summed E-state index contributed by atoms with van der Waals surface area (Å²) in [6.07, 6.45) is 4.97. The number of para-hydroxylation sites is 2. The normalized spacial score (nSPS) is 11.6. The number of hydrogen-bond donors (Lipinski definition) is 1. The first kappa shape index (κ1) is 12.5. The van der Waals surface area contributed by atoms with E-state index in [-0.39, 0.29) is 5.56 Å². The standard InChI is InChI=1S/C17H12N4O/c22-17-14-6-2-4-8-16(14)19-11-21(17)20-10-12-9-18-15-7-3-1-5-13(12)15/h1-11,18H/b20-10+. The molecule has 0 saturated heterocycles. The van der Waals surface area contributed by atoms with E-state index in [9.17, 15) is 4.79 Å². The zero-order valence-electron chi connectivity index (χ0n) is 11.6. The quantitative estimate of drug-likeness (QED) is 0.576. The van der Waals surface area contributed by atoms with Crippen molar-refractivity contribution in [2.75, 3.05) is 0 Å². The van der Waals surface area contributed by atoms with Gasteiger partial charge in [-0.05, 0) is 18.2 Å². The molecule has 0 spiro atoms. The van der Waals surface area contributed by atoms with Crippen molar-refractivity contribution in [1.29, 1.82) is 0 Å². The molecular weight excluding hydrogens is 276 g/mol. The van der Waals surface area contributed by atoms with Crippen LogP contribution in [0.1, 0.15) is 5.56 Å². The Kier molecular flexibility index (Phi) is 2.83. The van der Waals surface area contributed by atoms with Crippen molar-refractivity contribution in [3.05, 3.63) is 77.0 Å². The molecule has 0 atom stereocenters. The number of hydrogen-bond acceptors (Lipinski definition) is 3. The first-order valence-electron chi connectivity index (χ1n) is 6.90. The van der Waals surface area contributed by atoms with E-state index in [1.165, 1.54) is 11.0 Å². The van der Waals surface area contributed by atoms with E-state index in [0.29, 0.717) is 10.9 Å². The van der Waals surface area contributed by atoms with E-state index in [2.05, 4.69) is 15.1 Å². The Balaban J connectivity index is 1.80. The first-order chi connectivity index (χ1) is 10.8. The van der Waals surface area contributed by atoms with E-state index in [1.54, 1.807) is 12.3 Å². The van der Waals surface area contributed by atoms with Gasteiger partial charge in [0.2, 0.25) is 0 Å². The van der Waals surface area contributed by atoms with Gasteiger partial charge in [-0.15, -0.1) is 0 Å². The molecule has 2 heterocycles. The van der Waals surface area contributed by atoms with Crippen molar-refractivity contribution in [3.63, 3.8) is 0 Å². The van der Waals surface area contributed by atoms with Gasteiger partial charge < -0.3 is 4.98 Å².